The van der Waals surface area contributed by atoms with E-state index < -0.39 is 7.14 Å². The molecule has 3 nitrogen and oxygen atoms in total. The summed E-state index contributed by atoms with van der Waals surface area (Å²) in [4.78, 5) is 0. The fourth-order valence-electron chi connectivity index (χ4n) is 3.22. The fourth-order valence-corrected chi connectivity index (χ4v) is 5.68. The average Bonchev–Trinajstić information content (AvgIpc) is 3.15. The van der Waals surface area contributed by atoms with Crippen molar-refractivity contribution in [2.45, 2.75) is 27.2 Å². The van der Waals surface area contributed by atoms with E-state index in [2.05, 4.69) is 38.0 Å². The van der Waals surface area contributed by atoms with Crippen LogP contribution < -0.4 is 10.7 Å². The molecule has 1 aromatic carbocycles. The zero-order chi connectivity index (χ0) is 20.9. The summed E-state index contributed by atoms with van der Waals surface area (Å²) in [6.45, 7) is 6.06. The monoisotopic (exact) mass is 400 g/mol. The number of allylic oxidation sites excluding steroid dienone is 5. The highest BCUT2D eigenvalue weighted by atomic mass is 31.2. The number of aromatic nitrogens is 2. The number of hydrogen-bond donors (Lipinski definition) is 0. The molecule has 0 radical (unpaired) electrons. The molecule has 0 saturated heterocycles. The molecule has 0 amide bonds. The van der Waals surface area contributed by atoms with Crippen LogP contribution in [-0.2, 0) is 4.57 Å². The summed E-state index contributed by atoms with van der Waals surface area (Å²) in [6.07, 6.45) is 17.7. The molecule has 29 heavy (non-hydrogen) atoms. The summed E-state index contributed by atoms with van der Waals surface area (Å²) in [5.74, 6) is 2.46. The van der Waals surface area contributed by atoms with Gasteiger partial charge in [0.25, 0.3) is 0 Å². The van der Waals surface area contributed by atoms with Crippen LogP contribution in [0.4, 0.5) is 0 Å². The van der Waals surface area contributed by atoms with Crippen LogP contribution >= 0.6 is 7.14 Å². The summed E-state index contributed by atoms with van der Waals surface area (Å²) in [7, 11) is -3.09. The van der Waals surface area contributed by atoms with Gasteiger partial charge in [0, 0.05) is 11.5 Å². The normalized spacial score (nSPS) is 14.5. The van der Waals surface area contributed by atoms with Gasteiger partial charge in [0.1, 0.15) is 5.44 Å². The van der Waals surface area contributed by atoms with Crippen LogP contribution in [-0.4, -0.2) is 9.61 Å². The van der Waals surface area contributed by atoms with Crippen LogP contribution in [0.25, 0.3) is 11.6 Å². The van der Waals surface area contributed by atoms with Crippen molar-refractivity contribution in [1.82, 2.24) is 9.61 Å². The molecule has 0 fully saturated rings. The molecule has 3 rings (SSSR count). The Morgan fingerprint density at radius 3 is 2.72 bits per heavy atom. The van der Waals surface area contributed by atoms with Crippen molar-refractivity contribution in [3.63, 3.8) is 0 Å². The number of hydrogen-bond acceptors (Lipinski definition) is 2. The SMILES string of the molecule is C#C/C=C\C=C(/C)P(=O)(c1ccccc1)c1cc2cc(C)c(/C=C\CC)cn2n1. The number of rotatable bonds is 6. The van der Waals surface area contributed by atoms with E-state index in [4.69, 9.17) is 11.5 Å². The second-order valence-electron chi connectivity index (χ2n) is 6.87. The molecule has 3 aromatic rings. The van der Waals surface area contributed by atoms with E-state index >= 15 is 0 Å². The van der Waals surface area contributed by atoms with Crippen molar-refractivity contribution < 1.29 is 4.57 Å². The first-order valence-electron chi connectivity index (χ1n) is 9.63. The maximum Gasteiger partial charge on any atom is 0.186 e. The van der Waals surface area contributed by atoms with E-state index in [1.54, 1.807) is 12.2 Å². The quantitative estimate of drug-likeness (QED) is 0.312. The molecule has 0 aliphatic rings. The van der Waals surface area contributed by atoms with Gasteiger partial charge in [0.15, 0.2) is 7.14 Å². The lowest BCUT2D eigenvalue weighted by Gasteiger charge is -2.17. The number of benzene rings is 1. The first-order valence-corrected chi connectivity index (χ1v) is 11.3. The van der Waals surface area contributed by atoms with Crippen LogP contribution in [0.3, 0.4) is 0 Å². The second-order valence-corrected chi connectivity index (χ2v) is 9.77. The second kappa shape index (κ2) is 8.95. The first kappa shape index (κ1) is 20.6. The summed E-state index contributed by atoms with van der Waals surface area (Å²) in [5.41, 5.74) is 3.76. The van der Waals surface area contributed by atoms with Gasteiger partial charge >= 0.3 is 0 Å². The van der Waals surface area contributed by atoms with Gasteiger partial charge in [-0.2, -0.15) is 5.10 Å². The van der Waals surface area contributed by atoms with E-state index in [0.717, 1.165) is 33.7 Å². The minimum absolute atomic E-state index is 0.572. The molecule has 0 bridgehead atoms. The Morgan fingerprint density at radius 1 is 1.28 bits per heavy atom. The number of terminal acetylenes is 1. The molecule has 0 N–H and O–H groups in total. The van der Waals surface area contributed by atoms with E-state index in [1.165, 1.54) is 0 Å². The molecular weight excluding hydrogens is 375 g/mol. The molecule has 0 saturated carbocycles. The van der Waals surface area contributed by atoms with Crippen molar-refractivity contribution in [2.24, 2.45) is 0 Å². The Balaban J connectivity index is 2.21. The number of nitrogens with zero attached hydrogens (tertiary/aromatic N) is 2. The van der Waals surface area contributed by atoms with Gasteiger partial charge in [-0.3, -0.25) is 0 Å². The van der Waals surface area contributed by atoms with Gasteiger partial charge in [-0.25, -0.2) is 4.52 Å². The maximum atomic E-state index is 14.4. The molecular formula is C25H25N2OP. The number of fused-ring (bicyclic) bond motifs is 1. The zero-order valence-corrected chi connectivity index (χ0v) is 17.9. The van der Waals surface area contributed by atoms with Crippen LogP contribution in [0.15, 0.2) is 78.3 Å². The van der Waals surface area contributed by atoms with Crippen LogP contribution in [0.2, 0.25) is 0 Å². The van der Waals surface area contributed by atoms with Crippen LogP contribution in [0.1, 0.15) is 31.4 Å². The number of aryl methyl sites for hydroxylation is 1. The molecule has 1 unspecified atom stereocenters. The van der Waals surface area contributed by atoms with Gasteiger partial charge < -0.3 is 4.57 Å². The standard InChI is InChI=1S/C25H25N2OP/c1-5-7-10-13-21(4)29(28,24-15-11-9-12-16-24)25-18-23-17-20(3)22(14-8-6-2)19-27(23)26-25/h1,7-19H,6H2,2-4H3/b10-7-,14-8-,21-13+. The van der Waals surface area contributed by atoms with Crippen molar-refractivity contribution in [1.29, 1.82) is 0 Å². The molecule has 0 aliphatic heterocycles. The van der Waals surface area contributed by atoms with Crippen LogP contribution in [0.5, 0.6) is 0 Å². The Morgan fingerprint density at radius 2 is 2.03 bits per heavy atom. The lowest BCUT2D eigenvalue weighted by molar-refractivity contribution is 0.590. The van der Waals surface area contributed by atoms with Gasteiger partial charge in [-0.05, 0) is 54.9 Å². The van der Waals surface area contributed by atoms with Gasteiger partial charge in [0.05, 0.1) is 5.52 Å². The third-order valence-electron chi connectivity index (χ3n) is 4.83. The highest BCUT2D eigenvalue weighted by Gasteiger charge is 2.32. The highest BCUT2D eigenvalue weighted by Crippen LogP contribution is 2.51. The summed E-state index contributed by atoms with van der Waals surface area (Å²) >= 11 is 0. The lowest BCUT2D eigenvalue weighted by Crippen LogP contribution is -2.18. The average molecular weight is 400 g/mol. The first-order chi connectivity index (χ1) is 14.0. The largest absolute Gasteiger partial charge is 0.307 e. The predicted molar refractivity (Wildman–Crippen MR) is 124 cm³/mol. The Kier molecular flexibility index (Phi) is 6.37. The number of pyridine rings is 1. The minimum Gasteiger partial charge on any atom is -0.307 e. The molecule has 2 heterocycles. The third-order valence-corrected chi connectivity index (χ3v) is 7.87. The van der Waals surface area contributed by atoms with Crippen molar-refractivity contribution in [3.05, 3.63) is 89.4 Å². The topological polar surface area (TPSA) is 34.4 Å². The fraction of sp³-hybridized carbons (Fsp3) is 0.160. The van der Waals surface area contributed by atoms with E-state index in [9.17, 15) is 4.57 Å². The molecule has 0 spiro atoms. The maximum absolute atomic E-state index is 14.4. The Labute approximate surface area is 172 Å². The Hall–Kier alpha value is -3.08. The minimum atomic E-state index is -3.09. The molecule has 0 aliphatic carbocycles. The summed E-state index contributed by atoms with van der Waals surface area (Å²) in [5, 5.41) is 6.23. The van der Waals surface area contributed by atoms with E-state index in [1.807, 2.05) is 60.1 Å². The van der Waals surface area contributed by atoms with Crippen molar-refractivity contribution in [3.8, 4) is 12.3 Å². The Bertz CT molecular complexity index is 1190. The molecule has 1 atom stereocenters. The molecule has 146 valence electrons. The van der Waals surface area contributed by atoms with E-state index in [-0.39, 0.29) is 0 Å². The smallest absolute Gasteiger partial charge is 0.186 e. The van der Waals surface area contributed by atoms with Crippen molar-refractivity contribution >= 4 is 29.5 Å². The molecule has 4 heteroatoms. The molecule has 2 aromatic heterocycles. The summed E-state index contributed by atoms with van der Waals surface area (Å²) < 4.78 is 16.2. The lowest BCUT2D eigenvalue weighted by atomic mass is 10.1. The highest BCUT2D eigenvalue weighted by molar-refractivity contribution is 7.82. The van der Waals surface area contributed by atoms with Gasteiger partial charge in [-0.15, -0.1) is 6.42 Å². The zero-order valence-electron chi connectivity index (χ0n) is 17.0. The van der Waals surface area contributed by atoms with Crippen LogP contribution in [0, 0.1) is 19.3 Å². The van der Waals surface area contributed by atoms with Crippen molar-refractivity contribution in [2.75, 3.05) is 0 Å². The van der Waals surface area contributed by atoms with E-state index in [0.29, 0.717) is 5.44 Å². The predicted octanol–water partition coefficient (Wildman–Crippen LogP) is 5.47. The van der Waals surface area contributed by atoms with Gasteiger partial charge in [-0.1, -0.05) is 67.5 Å². The third kappa shape index (κ3) is 4.19. The summed E-state index contributed by atoms with van der Waals surface area (Å²) in [6, 6.07) is 13.5. The van der Waals surface area contributed by atoms with Gasteiger partial charge in [0.2, 0.25) is 0 Å².